The molecule has 0 aliphatic rings. The molecule has 0 heterocycles. The Bertz CT molecular complexity index is 692. The first kappa shape index (κ1) is 16.9. The maximum Gasteiger partial charge on any atom is 0.262 e. The fourth-order valence-corrected chi connectivity index (χ4v) is 2.23. The highest BCUT2D eigenvalue weighted by Crippen LogP contribution is 2.26. The van der Waals surface area contributed by atoms with Crippen LogP contribution in [0.4, 0.5) is 5.69 Å². The van der Waals surface area contributed by atoms with E-state index in [1.165, 1.54) is 0 Å². The molecule has 4 nitrogen and oxygen atoms in total. The fraction of sp³-hybridized carbons (Fsp3) is 0.133. The summed E-state index contributed by atoms with van der Waals surface area (Å²) >= 11 is 17.7. The van der Waals surface area contributed by atoms with Gasteiger partial charge in [-0.1, -0.05) is 40.9 Å². The smallest absolute Gasteiger partial charge is 0.262 e. The number of ether oxygens (including phenoxy) is 1. The molecule has 0 aliphatic heterocycles. The van der Waals surface area contributed by atoms with Gasteiger partial charge in [-0.2, -0.15) is 0 Å². The lowest BCUT2D eigenvalue weighted by Gasteiger charge is -2.10. The second-order valence-corrected chi connectivity index (χ2v) is 5.61. The van der Waals surface area contributed by atoms with Crippen LogP contribution in [-0.2, 0) is 11.4 Å². The van der Waals surface area contributed by atoms with Crippen LogP contribution >= 0.6 is 34.8 Å². The van der Waals surface area contributed by atoms with Crippen LogP contribution in [0, 0.1) is 0 Å². The van der Waals surface area contributed by atoms with E-state index in [4.69, 9.17) is 44.6 Å². The van der Waals surface area contributed by atoms with Crippen LogP contribution in [0.25, 0.3) is 0 Å². The number of benzene rings is 2. The third kappa shape index (κ3) is 4.52. The second-order valence-electron chi connectivity index (χ2n) is 4.39. The topological polar surface area (TPSA) is 58.6 Å². The third-order valence-electron chi connectivity index (χ3n) is 2.74. The van der Waals surface area contributed by atoms with Crippen LogP contribution in [0.15, 0.2) is 36.4 Å². The lowest BCUT2D eigenvalue weighted by atomic mass is 10.2. The van der Waals surface area contributed by atoms with E-state index in [1.807, 2.05) is 0 Å². The number of hydrogen-bond donors (Lipinski definition) is 2. The number of carbonyl (C=O) groups excluding carboxylic acids is 1. The maximum absolute atomic E-state index is 11.8. The number of aliphatic hydroxyl groups excluding tert-OH is 1. The van der Waals surface area contributed by atoms with Gasteiger partial charge >= 0.3 is 0 Å². The molecule has 0 radical (unpaired) electrons. The van der Waals surface area contributed by atoms with E-state index in [1.54, 1.807) is 36.4 Å². The highest BCUT2D eigenvalue weighted by molar-refractivity contribution is 6.42. The number of carbonyl (C=O) groups is 1. The minimum Gasteiger partial charge on any atom is -0.482 e. The molecule has 22 heavy (non-hydrogen) atoms. The van der Waals surface area contributed by atoms with Gasteiger partial charge in [0, 0.05) is 5.69 Å². The van der Waals surface area contributed by atoms with Crippen molar-refractivity contribution < 1.29 is 14.6 Å². The van der Waals surface area contributed by atoms with Crippen LogP contribution < -0.4 is 10.1 Å². The molecule has 7 heteroatoms. The molecule has 0 bridgehead atoms. The Morgan fingerprint density at radius 1 is 1.05 bits per heavy atom. The molecular weight excluding hydrogens is 349 g/mol. The Kier molecular flexibility index (Phi) is 5.91. The van der Waals surface area contributed by atoms with Crippen molar-refractivity contribution in [2.24, 2.45) is 0 Å². The first-order valence-corrected chi connectivity index (χ1v) is 7.40. The first-order chi connectivity index (χ1) is 10.5. The van der Waals surface area contributed by atoms with Gasteiger partial charge in [0.2, 0.25) is 0 Å². The van der Waals surface area contributed by atoms with Crippen LogP contribution in [-0.4, -0.2) is 17.6 Å². The highest BCUT2D eigenvalue weighted by Gasteiger charge is 2.08. The SMILES string of the molecule is O=C(COc1ccc(CO)cc1Cl)Nc1ccc(Cl)c(Cl)c1. The van der Waals surface area contributed by atoms with E-state index in [-0.39, 0.29) is 19.1 Å². The standard InChI is InChI=1S/C15H12Cl3NO3/c16-11-3-2-10(6-12(11)17)19-15(21)8-22-14-4-1-9(7-20)5-13(14)18/h1-6,20H,7-8H2,(H,19,21). The number of amides is 1. The minimum absolute atomic E-state index is 0.113. The average molecular weight is 361 g/mol. The Balaban J connectivity index is 1.93. The van der Waals surface area contributed by atoms with Crippen LogP contribution in [0.5, 0.6) is 5.75 Å². The van der Waals surface area contributed by atoms with Gasteiger partial charge in [0.05, 0.1) is 21.7 Å². The van der Waals surface area contributed by atoms with E-state index in [2.05, 4.69) is 5.32 Å². The quantitative estimate of drug-likeness (QED) is 0.842. The number of aliphatic hydroxyl groups is 1. The number of rotatable bonds is 5. The maximum atomic E-state index is 11.8. The van der Waals surface area contributed by atoms with Gasteiger partial charge in [0.1, 0.15) is 5.75 Å². The number of nitrogens with one attached hydrogen (secondary N) is 1. The molecule has 0 unspecified atom stereocenters. The summed E-state index contributed by atoms with van der Waals surface area (Å²) in [5.74, 6) is 0.00356. The molecule has 1 amide bonds. The van der Waals surface area contributed by atoms with Gasteiger partial charge in [-0.25, -0.2) is 0 Å². The molecule has 0 saturated carbocycles. The predicted molar refractivity (Wildman–Crippen MR) is 88.0 cm³/mol. The van der Waals surface area contributed by atoms with Crippen molar-refractivity contribution in [2.75, 3.05) is 11.9 Å². The van der Waals surface area contributed by atoms with Crippen molar-refractivity contribution >= 4 is 46.4 Å². The minimum atomic E-state index is -0.360. The van der Waals surface area contributed by atoms with Crippen LogP contribution in [0.1, 0.15) is 5.56 Å². The molecule has 2 aromatic carbocycles. The zero-order chi connectivity index (χ0) is 16.1. The Hall–Kier alpha value is -1.46. The molecule has 0 aromatic heterocycles. The van der Waals surface area contributed by atoms with Crippen molar-refractivity contribution in [2.45, 2.75) is 6.61 Å². The largest absolute Gasteiger partial charge is 0.482 e. The van der Waals surface area contributed by atoms with Crippen molar-refractivity contribution in [1.29, 1.82) is 0 Å². The van der Waals surface area contributed by atoms with Crippen molar-refractivity contribution in [3.05, 3.63) is 57.0 Å². The van der Waals surface area contributed by atoms with E-state index >= 15 is 0 Å². The second kappa shape index (κ2) is 7.70. The molecule has 0 atom stereocenters. The van der Waals surface area contributed by atoms with Crippen molar-refractivity contribution in [3.8, 4) is 5.75 Å². The Morgan fingerprint density at radius 2 is 1.82 bits per heavy atom. The number of anilines is 1. The van der Waals surface area contributed by atoms with Crippen LogP contribution in [0.3, 0.4) is 0 Å². The van der Waals surface area contributed by atoms with Crippen molar-refractivity contribution in [1.82, 2.24) is 0 Å². The molecule has 0 spiro atoms. The molecule has 0 aliphatic carbocycles. The van der Waals surface area contributed by atoms with Gasteiger partial charge in [-0.3, -0.25) is 4.79 Å². The fourth-order valence-electron chi connectivity index (χ4n) is 1.67. The predicted octanol–water partition coefficient (Wildman–Crippen LogP) is 4.16. The first-order valence-electron chi connectivity index (χ1n) is 6.26. The molecule has 2 N–H and O–H groups in total. The molecule has 0 fully saturated rings. The lowest BCUT2D eigenvalue weighted by molar-refractivity contribution is -0.118. The summed E-state index contributed by atoms with van der Waals surface area (Å²) in [5.41, 5.74) is 1.18. The summed E-state index contributed by atoms with van der Waals surface area (Å²) in [6.07, 6.45) is 0. The zero-order valence-corrected chi connectivity index (χ0v) is 13.5. The lowest BCUT2D eigenvalue weighted by Crippen LogP contribution is -2.20. The summed E-state index contributed by atoms with van der Waals surface area (Å²) in [6.45, 7) is -0.323. The Labute approximate surface area is 142 Å². The Morgan fingerprint density at radius 3 is 2.45 bits per heavy atom. The summed E-state index contributed by atoms with van der Waals surface area (Å²) < 4.78 is 5.34. The van der Waals surface area contributed by atoms with E-state index in [9.17, 15) is 4.79 Å². The molecular formula is C15H12Cl3NO3. The molecule has 2 rings (SSSR count). The van der Waals surface area contributed by atoms with Gasteiger partial charge < -0.3 is 15.2 Å². The highest BCUT2D eigenvalue weighted by atomic mass is 35.5. The molecule has 116 valence electrons. The van der Waals surface area contributed by atoms with E-state index < -0.39 is 0 Å². The summed E-state index contributed by atoms with van der Waals surface area (Å²) in [4.78, 5) is 11.8. The summed E-state index contributed by atoms with van der Waals surface area (Å²) in [5, 5.41) is 12.7. The van der Waals surface area contributed by atoms with E-state index in [0.29, 0.717) is 32.1 Å². The van der Waals surface area contributed by atoms with Crippen LogP contribution in [0.2, 0.25) is 15.1 Å². The number of hydrogen-bond acceptors (Lipinski definition) is 3. The molecule has 2 aromatic rings. The number of halogens is 3. The van der Waals surface area contributed by atoms with Gasteiger partial charge in [-0.15, -0.1) is 0 Å². The third-order valence-corrected chi connectivity index (χ3v) is 3.78. The molecule has 0 saturated heterocycles. The summed E-state index contributed by atoms with van der Waals surface area (Å²) in [6, 6.07) is 9.61. The normalized spacial score (nSPS) is 10.4. The van der Waals surface area contributed by atoms with Crippen molar-refractivity contribution in [3.63, 3.8) is 0 Å². The van der Waals surface area contributed by atoms with Gasteiger partial charge in [-0.05, 0) is 35.9 Å². The monoisotopic (exact) mass is 359 g/mol. The summed E-state index contributed by atoms with van der Waals surface area (Å²) in [7, 11) is 0. The zero-order valence-electron chi connectivity index (χ0n) is 11.3. The van der Waals surface area contributed by atoms with E-state index in [0.717, 1.165) is 0 Å². The average Bonchev–Trinajstić information content (AvgIpc) is 2.49. The van der Waals surface area contributed by atoms with Gasteiger partial charge in [0.15, 0.2) is 6.61 Å². The van der Waals surface area contributed by atoms with Gasteiger partial charge in [0.25, 0.3) is 5.91 Å².